The van der Waals surface area contributed by atoms with E-state index >= 15 is 0 Å². The van der Waals surface area contributed by atoms with Crippen LogP contribution in [0.2, 0.25) is 10.0 Å². The molecular weight excluding hydrogens is 261 g/mol. The third-order valence-electron chi connectivity index (χ3n) is 2.04. The molecule has 0 bridgehead atoms. The number of aliphatic imine (C=N–C) groups is 1. The van der Waals surface area contributed by atoms with Gasteiger partial charge in [-0.1, -0.05) is 36.7 Å². The van der Waals surface area contributed by atoms with Crippen LogP contribution < -0.4 is 0 Å². The maximum Gasteiger partial charge on any atom is 0.0733 e. The van der Waals surface area contributed by atoms with Crippen LogP contribution in [0.25, 0.3) is 5.70 Å². The van der Waals surface area contributed by atoms with E-state index in [-0.39, 0.29) is 0 Å². The van der Waals surface area contributed by atoms with Crippen LogP contribution in [0.4, 0.5) is 0 Å². The highest BCUT2D eigenvalue weighted by Crippen LogP contribution is 2.27. The average Bonchev–Trinajstić information content (AvgIpc) is 2.25. The summed E-state index contributed by atoms with van der Waals surface area (Å²) in [5, 5.41) is 2.24. The minimum absolute atomic E-state index is 0.581. The van der Waals surface area contributed by atoms with E-state index < -0.39 is 0 Å². The van der Waals surface area contributed by atoms with Crippen molar-refractivity contribution in [3.8, 4) is 0 Å². The zero-order valence-electron chi connectivity index (χ0n) is 9.26. The predicted molar refractivity (Wildman–Crippen MR) is 76.7 cm³/mol. The molecular formula is C12H13Cl2NS. The summed E-state index contributed by atoms with van der Waals surface area (Å²) in [7, 11) is 0. The molecule has 0 aliphatic rings. The molecule has 1 aromatic carbocycles. The summed E-state index contributed by atoms with van der Waals surface area (Å²) in [5.74, 6) is 0. The van der Waals surface area contributed by atoms with Crippen LogP contribution in [0.15, 0.2) is 29.8 Å². The lowest BCUT2D eigenvalue weighted by atomic mass is 10.2. The molecule has 4 heteroatoms. The van der Waals surface area contributed by atoms with Crippen molar-refractivity contribution in [1.82, 2.24) is 0 Å². The second-order valence-electron chi connectivity index (χ2n) is 3.13. The normalized spacial score (nSPS) is 11.6. The highest BCUT2D eigenvalue weighted by Gasteiger charge is 2.05. The SMILES string of the molecule is C=C(N=C(CC)SC)c1ccc(Cl)cc1Cl. The van der Waals surface area contributed by atoms with Gasteiger partial charge < -0.3 is 0 Å². The Morgan fingerprint density at radius 1 is 1.44 bits per heavy atom. The maximum atomic E-state index is 6.07. The van der Waals surface area contributed by atoms with Crippen molar-refractivity contribution in [2.75, 3.05) is 6.26 Å². The molecule has 0 N–H and O–H groups in total. The van der Waals surface area contributed by atoms with Gasteiger partial charge in [0, 0.05) is 10.6 Å². The molecule has 0 aliphatic carbocycles. The summed E-state index contributed by atoms with van der Waals surface area (Å²) < 4.78 is 0. The fourth-order valence-corrected chi connectivity index (χ4v) is 2.21. The van der Waals surface area contributed by atoms with Crippen molar-refractivity contribution in [3.05, 3.63) is 40.4 Å². The Morgan fingerprint density at radius 3 is 2.62 bits per heavy atom. The highest BCUT2D eigenvalue weighted by atomic mass is 35.5. The van der Waals surface area contributed by atoms with Gasteiger partial charge in [0.1, 0.15) is 0 Å². The quantitative estimate of drug-likeness (QED) is 0.549. The van der Waals surface area contributed by atoms with E-state index in [9.17, 15) is 0 Å². The van der Waals surface area contributed by atoms with Crippen LogP contribution in [-0.4, -0.2) is 11.3 Å². The first-order valence-electron chi connectivity index (χ1n) is 4.84. The molecule has 0 radical (unpaired) electrons. The first-order valence-corrected chi connectivity index (χ1v) is 6.82. The smallest absolute Gasteiger partial charge is 0.0733 e. The Balaban J connectivity index is 3.01. The number of halogens is 2. The topological polar surface area (TPSA) is 12.4 Å². The molecule has 0 atom stereocenters. The molecule has 0 heterocycles. The third kappa shape index (κ3) is 3.55. The fraction of sp³-hybridized carbons (Fsp3) is 0.250. The van der Waals surface area contributed by atoms with E-state index in [4.69, 9.17) is 23.2 Å². The Kier molecular flexibility index (Phi) is 5.39. The summed E-state index contributed by atoms with van der Waals surface area (Å²) in [6, 6.07) is 5.32. The number of benzene rings is 1. The van der Waals surface area contributed by atoms with Gasteiger partial charge in [0.05, 0.1) is 15.8 Å². The fourth-order valence-electron chi connectivity index (χ4n) is 1.20. The largest absolute Gasteiger partial charge is 0.247 e. The molecule has 0 fully saturated rings. The van der Waals surface area contributed by atoms with Gasteiger partial charge in [-0.05, 0) is 30.9 Å². The molecule has 0 saturated heterocycles. The summed E-state index contributed by atoms with van der Waals surface area (Å²) in [6.45, 7) is 5.98. The lowest BCUT2D eigenvalue weighted by Gasteiger charge is -2.06. The monoisotopic (exact) mass is 273 g/mol. The average molecular weight is 274 g/mol. The van der Waals surface area contributed by atoms with Gasteiger partial charge in [0.15, 0.2) is 0 Å². The van der Waals surface area contributed by atoms with Crippen molar-refractivity contribution in [2.45, 2.75) is 13.3 Å². The van der Waals surface area contributed by atoms with Crippen molar-refractivity contribution < 1.29 is 0 Å². The maximum absolute atomic E-state index is 6.07. The lowest BCUT2D eigenvalue weighted by molar-refractivity contribution is 1.30. The molecule has 0 spiro atoms. The van der Waals surface area contributed by atoms with Crippen LogP contribution in [-0.2, 0) is 0 Å². The van der Waals surface area contributed by atoms with Crippen LogP contribution in [0.1, 0.15) is 18.9 Å². The number of thioether (sulfide) groups is 1. The minimum atomic E-state index is 0.581. The predicted octanol–water partition coefficient (Wildman–Crippen LogP) is 5.14. The number of rotatable bonds is 3. The minimum Gasteiger partial charge on any atom is -0.247 e. The lowest BCUT2D eigenvalue weighted by Crippen LogP contribution is -1.90. The molecule has 0 aromatic heterocycles. The molecule has 16 heavy (non-hydrogen) atoms. The molecule has 1 rings (SSSR count). The van der Waals surface area contributed by atoms with Gasteiger partial charge in [-0.2, -0.15) is 0 Å². The van der Waals surface area contributed by atoms with Gasteiger partial charge in [-0.25, -0.2) is 4.99 Å². The van der Waals surface area contributed by atoms with Crippen molar-refractivity contribution >= 4 is 45.7 Å². The Hall–Kier alpha value is -0.440. The Morgan fingerprint density at radius 2 is 2.12 bits per heavy atom. The molecule has 1 aromatic rings. The molecule has 0 saturated carbocycles. The van der Waals surface area contributed by atoms with Crippen molar-refractivity contribution in [3.63, 3.8) is 0 Å². The molecule has 0 aliphatic heterocycles. The third-order valence-corrected chi connectivity index (χ3v) is 3.44. The second-order valence-corrected chi connectivity index (χ2v) is 4.86. The van der Waals surface area contributed by atoms with Crippen LogP contribution >= 0.6 is 35.0 Å². The van der Waals surface area contributed by atoms with E-state index in [0.29, 0.717) is 15.7 Å². The van der Waals surface area contributed by atoms with E-state index in [1.54, 1.807) is 23.9 Å². The molecule has 1 nitrogen and oxygen atoms in total. The Labute approximate surface area is 111 Å². The van der Waals surface area contributed by atoms with Gasteiger partial charge in [-0.3, -0.25) is 0 Å². The summed E-state index contributed by atoms with van der Waals surface area (Å²) in [4.78, 5) is 4.43. The van der Waals surface area contributed by atoms with Crippen LogP contribution in [0, 0.1) is 0 Å². The first-order chi connectivity index (χ1) is 7.58. The van der Waals surface area contributed by atoms with E-state index in [0.717, 1.165) is 17.0 Å². The Bertz CT molecular complexity index is 421. The van der Waals surface area contributed by atoms with Crippen LogP contribution in [0.5, 0.6) is 0 Å². The second kappa shape index (κ2) is 6.33. The van der Waals surface area contributed by atoms with E-state index in [1.165, 1.54) is 0 Å². The molecule has 0 unspecified atom stereocenters. The van der Waals surface area contributed by atoms with Gasteiger partial charge in [-0.15, -0.1) is 11.8 Å². The zero-order valence-corrected chi connectivity index (χ0v) is 11.6. The van der Waals surface area contributed by atoms with E-state index in [2.05, 4.69) is 18.5 Å². The van der Waals surface area contributed by atoms with Crippen molar-refractivity contribution in [2.24, 2.45) is 4.99 Å². The standard InChI is InChI=1S/C12H13Cl2NS/c1-4-12(16-3)15-8(2)10-6-5-9(13)7-11(10)14/h5-7H,2,4H2,1,3H3. The van der Waals surface area contributed by atoms with Gasteiger partial charge in [0.2, 0.25) is 0 Å². The van der Waals surface area contributed by atoms with Crippen LogP contribution in [0.3, 0.4) is 0 Å². The summed E-state index contributed by atoms with van der Waals surface area (Å²) in [5.41, 5.74) is 1.50. The van der Waals surface area contributed by atoms with Gasteiger partial charge >= 0.3 is 0 Å². The summed E-state index contributed by atoms with van der Waals surface area (Å²) in [6.07, 6.45) is 2.89. The molecule has 86 valence electrons. The summed E-state index contributed by atoms with van der Waals surface area (Å²) >= 11 is 13.5. The van der Waals surface area contributed by atoms with E-state index in [1.807, 2.05) is 12.3 Å². The van der Waals surface area contributed by atoms with Gasteiger partial charge in [0.25, 0.3) is 0 Å². The highest BCUT2D eigenvalue weighted by molar-refractivity contribution is 8.13. The number of hydrogen-bond donors (Lipinski definition) is 0. The molecule has 0 amide bonds. The number of hydrogen-bond acceptors (Lipinski definition) is 2. The zero-order chi connectivity index (χ0) is 12.1. The van der Waals surface area contributed by atoms with Crippen molar-refractivity contribution in [1.29, 1.82) is 0 Å². The first kappa shape index (κ1) is 13.6. The number of nitrogens with zero attached hydrogens (tertiary/aromatic N) is 1.